The molecule has 146 valence electrons. The smallest absolute Gasteiger partial charge is 0.245 e. The zero-order chi connectivity index (χ0) is 19.6. The minimum absolute atomic E-state index is 0.125. The van der Waals surface area contributed by atoms with Crippen LogP contribution in [0.4, 0.5) is 5.95 Å². The Morgan fingerprint density at radius 3 is 2.63 bits per heavy atom. The molecule has 0 aliphatic heterocycles. The van der Waals surface area contributed by atoms with Crippen molar-refractivity contribution in [2.45, 2.75) is 46.6 Å². The standard InChI is InChI=1S/C18H28N8O/c1-7-25(11-13(3)27-6)18-21-16(24(5)23-18)9-8-15-20-17-14(4)19-10-12(2)26(17)22-15/h10,13H,7-9,11H2,1-6H3. The first-order valence-electron chi connectivity index (χ1n) is 9.28. The number of nitrogens with zero attached hydrogens (tertiary/aromatic N) is 8. The molecule has 0 amide bonds. The quantitative estimate of drug-likeness (QED) is 0.592. The van der Waals surface area contributed by atoms with E-state index >= 15 is 0 Å². The maximum absolute atomic E-state index is 5.37. The van der Waals surface area contributed by atoms with Gasteiger partial charge in [-0.3, -0.25) is 9.67 Å². The van der Waals surface area contributed by atoms with Crippen molar-refractivity contribution in [3.63, 3.8) is 0 Å². The molecule has 9 heteroatoms. The van der Waals surface area contributed by atoms with Crippen LogP contribution in [0.5, 0.6) is 0 Å². The Balaban J connectivity index is 1.74. The van der Waals surface area contributed by atoms with E-state index < -0.39 is 0 Å². The van der Waals surface area contributed by atoms with Crippen LogP contribution in [0.1, 0.15) is 36.9 Å². The van der Waals surface area contributed by atoms with Gasteiger partial charge in [0.1, 0.15) is 5.82 Å². The van der Waals surface area contributed by atoms with Crippen LogP contribution in [-0.2, 0) is 24.6 Å². The number of rotatable bonds is 8. The lowest BCUT2D eigenvalue weighted by Crippen LogP contribution is -2.32. The van der Waals surface area contributed by atoms with Gasteiger partial charge in [0.25, 0.3) is 0 Å². The van der Waals surface area contributed by atoms with Crippen molar-refractivity contribution in [2.75, 3.05) is 25.1 Å². The first-order valence-corrected chi connectivity index (χ1v) is 9.28. The third-order valence-corrected chi connectivity index (χ3v) is 4.71. The number of aryl methyl sites for hydroxylation is 5. The van der Waals surface area contributed by atoms with Crippen LogP contribution in [0.25, 0.3) is 5.65 Å². The van der Waals surface area contributed by atoms with E-state index in [-0.39, 0.29) is 6.10 Å². The molecule has 0 fully saturated rings. The van der Waals surface area contributed by atoms with Gasteiger partial charge < -0.3 is 9.64 Å². The normalized spacial score (nSPS) is 12.7. The molecular formula is C18H28N8O. The summed E-state index contributed by atoms with van der Waals surface area (Å²) in [6, 6.07) is 0. The molecule has 27 heavy (non-hydrogen) atoms. The van der Waals surface area contributed by atoms with Crippen molar-refractivity contribution < 1.29 is 4.74 Å². The Morgan fingerprint density at radius 2 is 1.96 bits per heavy atom. The molecule has 0 N–H and O–H groups in total. The number of fused-ring (bicyclic) bond motifs is 1. The monoisotopic (exact) mass is 372 g/mol. The third-order valence-electron chi connectivity index (χ3n) is 4.71. The summed E-state index contributed by atoms with van der Waals surface area (Å²) in [6.45, 7) is 9.65. The number of anilines is 1. The summed E-state index contributed by atoms with van der Waals surface area (Å²) in [4.78, 5) is 15.8. The molecule has 0 aliphatic rings. The predicted molar refractivity (Wildman–Crippen MR) is 103 cm³/mol. The lowest BCUT2D eigenvalue weighted by Gasteiger charge is -2.22. The lowest BCUT2D eigenvalue weighted by atomic mass is 10.3. The minimum atomic E-state index is 0.125. The molecule has 3 aromatic heterocycles. The third kappa shape index (κ3) is 4.08. The van der Waals surface area contributed by atoms with E-state index in [9.17, 15) is 0 Å². The molecule has 3 aromatic rings. The summed E-state index contributed by atoms with van der Waals surface area (Å²) in [5, 5.41) is 9.18. The largest absolute Gasteiger partial charge is 0.380 e. The zero-order valence-corrected chi connectivity index (χ0v) is 17.0. The van der Waals surface area contributed by atoms with Gasteiger partial charge in [-0.05, 0) is 27.7 Å². The van der Waals surface area contributed by atoms with Crippen LogP contribution >= 0.6 is 0 Å². The molecule has 0 aliphatic carbocycles. The lowest BCUT2D eigenvalue weighted by molar-refractivity contribution is 0.123. The molecule has 0 spiro atoms. The average molecular weight is 372 g/mol. The summed E-state index contributed by atoms with van der Waals surface area (Å²) in [5.74, 6) is 2.44. The second kappa shape index (κ2) is 7.99. The molecule has 1 unspecified atom stereocenters. The average Bonchev–Trinajstić information content (AvgIpc) is 3.25. The number of methoxy groups -OCH3 is 1. The zero-order valence-electron chi connectivity index (χ0n) is 17.0. The highest BCUT2D eigenvalue weighted by Gasteiger charge is 2.16. The summed E-state index contributed by atoms with van der Waals surface area (Å²) < 4.78 is 9.05. The van der Waals surface area contributed by atoms with E-state index in [1.165, 1.54) is 0 Å². The fourth-order valence-corrected chi connectivity index (χ4v) is 2.96. The maximum Gasteiger partial charge on any atom is 0.245 e. The molecule has 0 bridgehead atoms. The van der Waals surface area contributed by atoms with Crippen molar-refractivity contribution in [2.24, 2.45) is 7.05 Å². The highest BCUT2D eigenvalue weighted by Crippen LogP contribution is 2.13. The van der Waals surface area contributed by atoms with E-state index in [0.29, 0.717) is 6.42 Å². The molecule has 3 heterocycles. The number of aromatic nitrogens is 7. The molecule has 1 atom stereocenters. The Bertz CT molecular complexity index is 877. The van der Waals surface area contributed by atoms with E-state index in [4.69, 9.17) is 9.72 Å². The second-order valence-electron chi connectivity index (χ2n) is 6.79. The van der Waals surface area contributed by atoms with E-state index in [0.717, 1.165) is 54.1 Å². The van der Waals surface area contributed by atoms with Crippen molar-refractivity contribution in [3.05, 3.63) is 29.2 Å². The first-order chi connectivity index (χ1) is 12.9. The summed E-state index contributed by atoms with van der Waals surface area (Å²) >= 11 is 0. The van der Waals surface area contributed by atoms with Gasteiger partial charge >= 0.3 is 0 Å². The van der Waals surface area contributed by atoms with Gasteiger partial charge in [0.2, 0.25) is 5.95 Å². The molecule has 0 saturated carbocycles. The van der Waals surface area contributed by atoms with Gasteiger partial charge in [-0.2, -0.15) is 10.1 Å². The first kappa shape index (κ1) is 19.2. The number of likely N-dealkylation sites (N-methyl/N-ethyl adjacent to an activating group) is 1. The van der Waals surface area contributed by atoms with E-state index in [1.54, 1.807) is 7.11 Å². The van der Waals surface area contributed by atoms with Crippen LogP contribution in [0, 0.1) is 13.8 Å². The molecular weight excluding hydrogens is 344 g/mol. The molecule has 9 nitrogen and oxygen atoms in total. The number of ether oxygens (including phenoxy) is 1. The van der Waals surface area contributed by atoms with Crippen LogP contribution in [-0.4, -0.2) is 60.6 Å². The maximum atomic E-state index is 5.37. The van der Waals surface area contributed by atoms with Crippen LogP contribution in [0.15, 0.2) is 6.20 Å². The van der Waals surface area contributed by atoms with Gasteiger partial charge in [-0.25, -0.2) is 9.50 Å². The topological polar surface area (TPSA) is 86.3 Å². The summed E-state index contributed by atoms with van der Waals surface area (Å²) in [6.07, 6.45) is 3.37. The van der Waals surface area contributed by atoms with Crippen molar-refractivity contribution in [1.29, 1.82) is 0 Å². The SMILES string of the molecule is CCN(CC(C)OC)c1nc(CCc2nc3c(C)ncc(C)n3n2)n(C)n1. The summed E-state index contributed by atoms with van der Waals surface area (Å²) in [7, 11) is 3.64. The van der Waals surface area contributed by atoms with Gasteiger partial charge in [0.15, 0.2) is 11.5 Å². The van der Waals surface area contributed by atoms with Crippen LogP contribution < -0.4 is 4.90 Å². The fraction of sp³-hybridized carbons (Fsp3) is 0.611. The Labute approximate surface area is 159 Å². The summed E-state index contributed by atoms with van der Waals surface area (Å²) in [5.41, 5.74) is 2.67. The Hall–Kier alpha value is -2.55. The van der Waals surface area contributed by atoms with E-state index in [1.807, 2.05) is 43.2 Å². The minimum Gasteiger partial charge on any atom is -0.380 e. The van der Waals surface area contributed by atoms with Gasteiger partial charge in [0.05, 0.1) is 17.5 Å². The molecule has 0 aromatic carbocycles. The van der Waals surface area contributed by atoms with Crippen molar-refractivity contribution in [1.82, 2.24) is 34.3 Å². The number of hydrogen-bond donors (Lipinski definition) is 0. The fourth-order valence-electron chi connectivity index (χ4n) is 2.96. The highest BCUT2D eigenvalue weighted by atomic mass is 16.5. The van der Waals surface area contributed by atoms with Crippen molar-refractivity contribution >= 4 is 11.6 Å². The molecule has 0 saturated heterocycles. The van der Waals surface area contributed by atoms with Gasteiger partial charge in [-0.15, -0.1) is 5.10 Å². The van der Waals surface area contributed by atoms with Crippen molar-refractivity contribution in [3.8, 4) is 0 Å². The van der Waals surface area contributed by atoms with Gasteiger partial charge in [0, 0.05) is 46.3 Å². The molecule has 3 rings (SSSR count). The Kier molecular flexibility index (Phi) is 5.69. The number of hydrogen-bond acceptors (Lipinski definition) is 7. The van der Waals surface area contributed by atoms with Crippen LogP contribution in [0.2, 0.25) is 0 Å². The van der Waals surface area contributed by atoms with Gasteiger partial charge in [-0.1, -0.05) is 0 Å². The highest BCUT2D eigenvalue weighted by molar-refractivity contribution is 5.43. The Morgan fingerprint density at radius 1 is 1.19 bits per heavy atom. The molecule has 0 radical (unpaired) electrons. The van der Waals surface area contributed by atoms with Crippen LogP contribution in [0.3, 0.4) is 0 Å². The predicted octanol–water partition coefficient (Wildman–Crippen LogP) is 1.52. The second-order valence-corrected chi connectivity index (χ2v) is 6.79. The van der Waals surface area contributed by atoms with E-state index in [2.05, 4.69) is 32.0 Å².